The first kappa shape index (κ1) is 17.3. The third-order valence-electron chi connectivity index (χ3n) is 3.18. The largest absolute Gasteiger partial charge is 0.389 e. The summed E-state index contributed by atoms with van der Waals surface area (Å²) in [6, 6.07) is 5.69. The Balaban J connectivity index is 2.16. The lowest BCUT2D eigenvalue weighted by Crippen LogP contribution is -2.25. The van der Waals surface area contributed by atoms with Crippen molar-refractivity contribution in [3.05, 3.63) is 28.8 Å². The molecule has 1 aromatic carbocycles. The third kappa shape index (κ3) is 7.13. The topological polar surface area (TPSA) is 41.5 Å². The van der Waals surface area contributed by atoms with Crippen LogP contribution in [0.25, 0.3) is 0 Å². The van der Waals surface area contributed by atoms with E-state index in [9.17, 15) is 5.11 Å². The zero-order chi connectivity index (χ0) is 14.8. The van der Waals surface area contributed by atoms with E-state index in [1.165, 1.54) is 19.3 Å². The first-order valence-electron chi connectivity index (χ1n) is 7.39. The molecule has 20 heavy (non-hydrogen) atoms. The highest BCUT2D eigenvalue weighted by molar-refractivity contribution is 6.30. The van der Waals surface area contributed by atoms with Gasteiger partial charge in [-0.15, -0.1) is 0 Å². The quantitative estimate of drug-likeness (QED) is 0.641. The second-order valence-electron chi connectivity index (χ2n) is 5.13. The van der Waals surface area contributed by atoms with E-state index in [1.807, 2.05) is 25.1 Å². The number of aliphatic hydroxyl groups excluding tert-OH is 1. The van der Waals surface area contributed by atoms with E-state index < -0.39 is 6.10 Å². The van der Waals surface area contributed by atoms with Crippen molar-refractivity contribution in [1.29, 1.82) is 0 Å². The Kier molecular flexibility index (Phi) is 8.67. The molecule has 2 N–H and O–H groups in total. The van der Waals surface area contributed by atoms with Crippen LogP contribution in [0.5, 0.6) is 0 Å². The van der Waals surface area contributed by atoms with Gasteiger partial charge in [-0.2, -0.15) is 0 Å². The molecule has 0 aliphatic carbocycles. The first-order chi connectivity index (χ1) is 9.63. The van der Waals surface area contributed by atoms with Gasteiger partial charge < -0.3 is 15.2 Å². The van der Waals surface area contributed by atoms with Crippen molar-refractivity contribution in [1.82, 2.24) is 0 Å². The van der Waals surface area contributed by atoms with E-state index in [0.29, 0.717) is 18.2 Å². The van der Waals surface area contributed by atoms with Crippen LogP contribution < -0.4 is 5.32 Å². The number of ether oxygens (including phenoxy) is 1. The SMILES string of the molecule is CCCCCCOCC(O)CNc1cc(Cl)ccc1C. The zero-order valence-electron chi connectivity index (χ0n) is 12.5. The minimum Gasteiger partial charge on any atom is -0.389 e. The molecule has 0 heterocycles. The van der Waals surface area contributed by atoms with Gasteiger partial charge in [-0.1, -0.05) is 43.9 Å². The van der Waals surface area contributed by atoms with Crippen molar-refractivity contribution in [3.63, 3.8) is 0 Å². The number of unbranched alkanes of at least 4 members (excludes halogenated alkanes) is 3. The number of aryl methyl sites for hydroxylation is 1. The van der Waals surface area contributed by atoms with E-state index in [0.717, 1.165) is 24.3 Å². The summed E-state index contributed by atoms with van der Waals surface area (Å²) in [6.45, 7) is 5.77. The molecule has 0 fully saturated rings. The lowest BCUT2D eigenvalue weighted by Gasteiger charge is -2.15. The fourth-order valence-electron chi connectivity index (χ4n) is 1.92. The maximum Gasteiger partial charge on any atom is 0.0945 e. The maximum atomic E-state index is 9.85. The van der Waals surface area contributed by atoms with Crippen LogP contribution in [0.2, 0.25) is 5.02 Å². The average molecular weight is 300 g/mol. The summed E-state index contributed by atoms with van der Waals surface area (Å²) in [6.07, 6.45) is 4.25. The van der Waals surface area contributed by atoms with Crippen LogP contribution in [0.15, 0.2) is 18.2 Å². The van der Waals surface area contributed by atoms with Crippen molar-refractivity contribution in [2.75, 3.05) is 25.1 Å². The Bertz CT molecular complexity index is 385. The molecule has 0 bridgehead atoms. The van der Waals surface area contributed by atoms with Crippen molar-refractivity contribution in [2.24, 2.45) is 0 Å². The van der Waals surface area contributed by atoms with Crippen molar-refractivity contribution in [2.45, 2.75) is 45.6 Å². The molecule has 0 amide bonds. The molecule has 4 heteroatoms. The molecule has 1 rings (SSSR count). The van der Waals surface area contributed by atoms with E-state index in [1.54, 1.807) is 0 Å². The van der Waals surface area contributed by atoms with Gasteiger partial charge in [0.2, 0.25) is 0 Å². The molecular formula is C16H26ClNO2. The fraction of sp³-hybridized carbons (Fsp3) is 0.625. The van der Waals surface area contributed by atoms with Gasteiger partial charge in [-0.25, -0.2) is 0 Å². The van der Waals surface area contributed by atoms with E-state index >= 15 is 0 Å². The van der Waals surface area contributed by atoms with E-state index in [4.69, 9.17) is 16.3 Å². The predicted molar refractivity (Wildman–Crippen MR) is 85.6 cm³/mol. The molecule has 0 spiro atoms. The Morgan fingerprint density at radius 1 is 1.30 bits per heavy atom. The molecule has 1 aromatic rings. The minimum atomic E-state index is -0.500. The number of halogens is 1. The van der Waals surface area contributed by atoms with Gasteiger partial charge >= 0.3 is 0 Å². The second-order valence-corrected chi connectivity index (χ2v) is 5.57. The number of hydrogen-bond acceptors (Lipinski definition) is 3. The summed E-state index contributed by atoms with van der Waals surface area (Å²) in [5.41, 5.74) is 2.07. The summed E-state index contributed by atoms with van der Waals surface area (Å²) in [7, 11) is 0. The summed E-state index contributed by atoms with van der Waals surface area (Å²) < 4.78 is 5.47. The van der Waals surface area contributed by atoms with Crippen LogP contribution >= 0.6 is 11.6 Å². The van der Waals surface area contributed by atoms with Gasteiger partial charge in [0.1, 0.15) is 0 Å². The zero-order valence-corrected chi connectivity index (χ0v) is 13.2. The number of benzene rings is 1. The summed E-state index contributed by atoms with van der Waals surface area (Å²) in [5, 5.41) is 13.7. The van der Waals surface area contributed by atoms with Crippen LogP contribution in [-0.4, -0.2) is 31.0 Å². The smallest absolute Gasteiger partial charge is 0.0945 e. The molecule has 0 saturated carbocycles. The number of anilines is 1. The summed E-state index contributed by atoms with van der Waals surface area (Å²) in [4.78, 5) is 0. The lowest BCUT2D eigenvalue weighted by molar-refractivity contribution is 0.0416. The van der Waals surface area contributed by atoms with Crippen LogP contribution in [-0.2, 0) is 4.74 Å². The predicted octanol–water partition coefficient (Wildman–Crippen LogP) is 4.02. The molecule has 0 aromatic heterocycles. The normalized spacial score (nSPS) is 12.4. The summed E-state index contributed by atoms with van der Waals surface area (Å²) >= 11 is 5.95. The number of rotatable bonds is 10. The lowest BCUT2D eigenvalue weighted by atomic mass is 10.2. The highest BCUT2D eigenvalue weighted by Crippen LogP contribution is 2.19. The molecule has 114 valence electrons. The highest BCUT2D eigenvalue weighted by Gasteiger charge is 2.05. The van der Waals surface area contributed by atoms with Crippen LogP contribution in [0.1, 0.15) is 38.2 Å². The molecule has 1 unspecified atom stereocenters. The first-order valence-corrected chi connectivity index (χ1v) is 7.77. The van der Waals surface area contributed by atoms with Crippen molar-refractivity contribution < 1.29 is 9.84 Å². The molecule has 0 radical (unpaired) electrons. The highest BCUT2D eigenvalue weighted by atomic mass is 35.5. The Hall–Kier alpha value is -0.770. The second kappa shape index (κ2) is 10.0. The molecule has 0 saturated heterocycles. The number of hydrogen-bond donors (Lipinski definition) is 2. The van der Waals surface area contributed by atoms with Crippen LogP contribution in [0, 0.1) is 6.92 Å². The molecular weight excluding hydrogens is 274 g/mol. The number of nitrogens with one attached hydrogen (secondary N) is 1. The maximum absolute atomic E-state index is 9.85. The molecule has 3 nitrogen and oxygen atoms in total. The summed E-state index contributed by atoms with van der Waals surface area (Å²) in [5.74, 6) is 0. The van der Waals surface area contributed by atoms with Crippen LogP contribution in [0.4, 0.5) is 5.69 Å². The fourth-order valence-corrected chi connectivity index (χ4v) is 2.09. The van der Waals surface area contributed by atoms with Gasteiger partial charge in [-0.05, 0) is 31.0 Å². The van der Waals surface area contributed by atoms with Gasteiger partial charge in [-0.3, -0.25) is 0 Å². The monoisotopic (exact) mass is 299 g/mol. The van der Waals surface area contributed by atoms with Crippen molar-refractivity contribution >= 4 is 17.3 Å². The van der Waals surface area contributed by atoms with E-state index in [-0.39, 0.29) is 0 Å². The minimum absolute atomic E-state index is 0.374. The molecule has 0 aliphatic rings. The molecule has 0 aliphatic heterocycles. The van der Waals surface area contributed by atoms with Gasteiger partial charge in [0.15, 0.2) is 0 Å². The Morgan fingerprint density at radius 2 is 2.10 bits per heavy atom. The Labute approximate surface area is 127 Å². The standard InChI is InChI=1S/C16H26ClNO2/c1-3-4-5-6-9-20-12-15(19)11-18-16-10-14(17)8-7-13(16)2/h7-8,10,15,18-19H,3-6,9,11-12H2,1-2H3. The number of aliphatic hydroxyl groups is 1. The van der Waals surface area contributed by atoms with E-state index in [2.05, 4.69) is 12.2 Å². The van der Waals surface area contributed by atoms with Gasteiger partial charge in [0, 0.05) is 23.9 Å². The Morgan fingerprint density at radius 3 is 2.85 bits per heavy atom. The van der Waals surface area contributed by atoms with Crippen molar-refractivity contribution in [3.8, 4) is 0 Å². The average Bonchev–Trinajstić information content (AvgIpc) is 2.43. The van der Waals surface area contributed by atoms with Gasteiger partial charge in [0.25, 0.3) is 0 Å². The third-order valence-corrected chi connectivity index (χ3v) is 3.42. The van der Waals surface area contributed by atoms with Gasteiger partial charge in [0.05, 0.1) is 12.7 Å². The molecule has 1 atom stereocenters. The van der Waals surface area contributed by atoms with Crippen LogP contribution in [0.3, 0.4) is 0 Å².